The number of carbonyl (C=O) groups excluding carboxylic acids is 1. The summed E-state index contributed by atoms with van der Waals surface area (Å²) in [6.07, 6.45) is 3.89. The fourth-order valence-corrected chi connectivity index (χ4v) is 3.90. The Bertz CT molecular complexity index is 661. The van der Waals surface area contributed by atoms with E-state index in [2.05, 4.69) is 23.9 Å². The minimum Gasteiger partial charge on any atom is -0.336 e. The van der Waals surface area contributed by atoms with Crippen LogP contribution in [0.3, 0.4) is 0 Å². The molecule has 132 valence electrons. The van der Waals surface area contributed by atoms with Crippen molar-refractivity contribution in [2.45, 2.75) is 31.8 Å². The fourth-order valence-electron chi connectivity index (χ4n) is 3.90. The molecule has 24 heavy (non-hydrogen) atoms. The zero-order valence-corrected chi connectivity index (χ0v) is 15.0. The lowest BCUT2D eigenvalue weighted by Gasteiger charge is -2.52. The molecule has 0 atom stereocenters. The molecule has 2 aliphatic heterocycles. The second-order valence-electron chi connectivity index (χ2n) is 7.22. The van der Waals surface area contributed by atoms with Gasteiger partial charge in [0.05, 0.1) is 0 Å². The van der Waals surface area contributed by atoms with E-state index >= 15 is 0 Å². The minimum absolute atomic E-state index is 0.0123. The molecular weight excluding hydrogens is 304 g/mol. The van der Waals surface area contributed by atoms with Crippen LogP contribution in [-0.4, -0.2) is 77.5 Å². The molecule has 0 aliphatic carbocycles. The van der Waals surface area contributed by atoms with Gasteiger partial charge in [-0.15, -0.1) is 0 Å². The molecule has 3 heterocycles. The van der Waals surface area contributed by atoms with E-state index in [1.807, 2.05) is 11.8 Å². The van der Waals surface area contributed by atoms with Gasteiger partial charge < -0.3 is 14.4 Å². The Morgan fingerprint density at radius 1 is 1.17 bits per heavy atom. The quantitative estimate of drug-likeness (QED) is 0.801. The Morgan fingerprint density at radius 2 is 1.88 bits per heavy atom. The Hall–Kier alpha value is -1.66. The predicted molar refractivity (Wildman–Crippen MR) is 94.4 cm³/mol. The van der Waals surface area contributed by atoms with Crippen LogP contribution in [-0.2, 0) is 6.54 Å². The van der Waals surface area contributed by atoms with E-state index in [0.29, 0.717) is 12.1 Å². The maximum absolute atomic E-state index is 12.9. The maximum atomic E-state index is 12.9. The molecule has 0 bridgehead atoms. The highest BCUT2D eigenvalue weighted by atomic mass is 16.2. The van der Waals surface area contributed by atoms with Crippen molar-refractivity contribution in [3.05, 3.63) is 34.2 Å². The summed E-state index contributed by atoms with van der Waals surface area (Å²) in [5.41, 5.74) is 0.488. The van der Waals surface area contributed by atoms with E-state index < -0.39 is 0 Å². The zero-order chi connectivity index (χ0) is 17.3. The Balaban J connectivity index is 1.78. The number of aryl methyl sites for hydroxylation is 1. The first-order valence-corrected chi connectivity index (χ1v) is 8.85. The van der Waals surface area contributed by atoms with Crippen molar-refractivity contribution in [3.8, 4) is 0 Å². The molecular formula is C18H28N4O2. The SMILES string of the molecule is CCn1ccc(C(=O)N2CCN(C)C3(CCN(C)CC3)C2)cc1=O. The van der Waals surface area contributed by atoms with Crippen molar-refractivity contribution in [1.29, 1.82) is 0 Å². The summed E-state index contributed by atoms with van der Waals surface area (Å²) < 4.78 is 1.61. The van der Waals surface area contributed by atoms with Gasteiger partial charge in [0.25, 0.3) is 11.5 Å². The van der Waals surface area contributed by atoms with Gasteiger partial charge in [-0.05, 0) is 53.0 Å². The molecule has 6 heteroatoms. The lowest BCUT2D eigenvalue weighted by Crippen LogP contribution is -2.65. The van der Waals surface area contributed by atoms with Gasteiger partial charge in [0.1, 0.15) is 0 Å². The van der Waals surface area contributed by atoms with E-state index in [1.165, 1.54) is 6.07 Å². The molecule has 2 saturated heterocycles. The van der Waals surface area contributed by atoms with E-state index in [0.717, 1.165) is 45.6 Å². The van der Waals surface area contributed by atoms with Crippen LogP contribution >= 0.6 is 0 Å². The van der Waals surface area contributed by atoms with Gasteiger partial charge in [0.15, 0.2) is 0 Å². The lowest BCUT2D eigenvalue weighted by molar-refractivity contribution is -0.0170. The highest BCUT2D eigenvalue weighted by Gasteiger charge is 2.42. The molecule has 0 aromatic carbocycles. The van der Waals surface area contributed by atoms with Gasteiger partial charge in [-0.1, -0.05) is 0 Å². The van der Waals surface area contributed by atoms with Gasteiger partial charge in [0.2, 0.25) is 0 Å². The number of rotatable bonds is 2. The van der Waals surface area contributed by atoms with Crippen LogP contribution in [0.15, 0.2) is 23.1 Å². The summed E-state index contributed by atoms with van der Waals surface area (Å²) in [7, 11) is 4.33. The number of piperazine rings is 1. The molecule has 0 saturated carbocycles. The van der Waals surface area contributed by atoms with Crippen molar-refractivity contribution >= 4 is 5.91 Å². The first-order chi connectivity index (χ1) is 11.4. The predicted octanol–water partition coefficient (Wildman–Crippen LogP) is 0.720. The number of likely N-dealkylation sites (N-methyl/N-ethyl adjacent to an activating group) is 1. The molecule has 0 N–H and O–H groups in total. The highest BCUT2D eigenvalue weighted by molar-refractivity contribution is 5.94. The van der Waals surface area contributed by atoms with E-state index in [4.69, 9.17) is 0 Å². The summed E-state index contributed by atoms with van der Waals surface area (Å²) in [4.78, 5) is 31.6. The number of hydrogen-bond donors (Lipinski definition) is 0. The molecule has 2 fully saturated rings. The third-order valence-electron chi connectivity index (χ3n) is 5.79. The topological polar surface area (TPSA) is 48.8 Å². The van der Waals surface area contributed by atoms with Gasteiger partial charge >= 0.3 is 0 Å². The van der Waals surface area contributed by atoms with Crippen molar-refractivity contribution in [3.63, 3.8) is 0 Å². The normalized spacial score (nSPS) is 22.0. The standard InChI is InChI=1S/C18H28N4O2/c1-4-21-8-5-15(13-16(21)23)17(24)22-12-11-20(3)18(14-22)6-9-19(2)10-7-18/h5,8,13H,4,6-7,9-12,14H2,1-3H3. The highest BCUT2D eigenvalue weighted by Crippen LogP contribution is 2.31. The number of piperidine rings is 1. The molecule has 1 amide bonds. The van der Waals surface area contributed by atoms with Crippen LogP contribution < -0.4 is 5.56 Å². The molecule has 0 radical (unpaired) electrons. The molecule has 1 aromatic heterocycles. The molecule has 3 rings (SSSR count). The number of pyridine rings is 1. The van der Waals surface area contributed by atoms with E-state index in [9.17, 15) is 9.59 Å². The van der Waals surface area contributed by atoms with Crippen molar-refractivity contribution < 1.29 is 4.79 Å². The first kappa shape index (κ1) is 17.2. The lowest BCUT2D eigenvalue weighted by atomic mass is 9.83. The number of hydrogen-bond acceptors (Lipinski definition) is 4. The second-order valence-corrected chi connectivity index (χ2v) is 7.22. The number of nitrogens with zero attached hydrogens (tertiary/aromatic N) is 4. The van der Waals surface area contributed by atoms with Crippen LogP contribution in [0.2, 0.25) is 0 Å². The summed E-state index contributed by atoms with van der Waals surface area (Å²) >= 11 is 0. The minimum atomic E-state index is -0.105. The van der Waals surface area contributed by atoms with Crippen LogP contribution in [0.5, 0.6) is 0 Å². The van der Waals surface area contributed by atoms with Crippen LogP contribution in [0.1, 0.15) is 30.1 Å². The van der Waals surface area contributed by atoms with Gasteiger partial charge in [0, 0.05) is 49.5 Å². The van der Waals surface area contributed by atoms with E-state index in [-0.39, 0.29) is 17.0 Å². The monoisotopic (exact) mass is 332 g/mol. The number of amides is 1. The average molecular weight is 332 g/mol. The molecule has 6 nitrogen and oxygen atoms in total. The number of aromatic nitrogens is 1. The van der Waals surface area contributed by atoms with Crippen molar-refractivity contribution in [1.82, 2.24) is 19.3 Å². The van der Waals surface area contributed by atoms with Gasteiger partial charge in [-0.3, -0.25) is 14.5 Å². The second kappa shape index (κ2) is 6.69. The number of carbonyl (C=O) groups is 1. The molecule has 1 spiro atoms. The molecule has 1 aromatic rings. The van der Waals surface area contributed by atoms with Crippen molar-refractivity contribution in [2.24, 2.45) is 0 Å². The Kier molecular flexibility index (Phi) is 4.78. The summed E-state index contributed by atoms with van der Waals surface area (Å²) in [5, 5.41) is 0. The summed E-state index contributed by atoms with van der Waals surface area (Å²) in [6.45, 7) is 7.06. The van der Waals surface area contributed by atoms with Crippen LogP contribution in [0.4, 0.5) is 0 Å². The van der Waals surface area contributed by atoms with Gasteiger partial charge in [-0.25, -0.2) is 0 Å². The third-order valence-corrected chi connectivity index (χ3v) is 5.79. The zero-order valence-electron chi connectivity index (χ0n) is 15.0. The number of likely N-dealkylation sites (tertiary alicyclic amines) is 1. The Labute approximate surface area is 143 Å². The maximum Gasteiger partial charge on any atom is 0.254 e. The average Bonchev–Trinajstić information content (AvgIpc) is 2.59. The van der Waals surface area contributed by atoms with Crippen molar-refractivity contribution in [2.75, 3.05) is 46.8 Å². The molecule has 0 unspecified atom stereocenters. The molecule has 2 aliphatic rings. The Morgan fingerprint density at radius 3 is 2.50 bits per heavy atom. The smallest absolute Gasteiger partial charge is 0.254 e. The van der Waals surface area contributed by atoms with Gasteiger partial charge in [-0.2, -0.15) is 0 Å². The largest absolute Gasteiger partial charge is 0.336 e. The third kappa shape index (κ3) is 3.13. The van der Waals surface area contributed by atoms with E-state index in [1.54, 1.807) is 16.8 Å². The van der Waals surface area contributed by atoms with Crippen LogP contribution in [0, 0.1) is 0 Å². The first-order valence-electron chi connectivity index (χ1n) is 8.85. The fraction of sp³-hybridized carbons (Fsp3) is 0.667. The van der Waals surface area contributed by atoms with Crippen LogP contribution in [0.25, 0.3) is 0 Å². The summed E-state index contributed by atoms with van der Waals surface area (Å²) in [6, 6.07) is 3.25. The summed E-state index contributed by atoms with van der Waals surface area (Å²) in [5.74, 6) is -0.0123.